The molecule has 2 heterocycles. The molecular formula is C14H16ClN3O2. The first kappa shape index (κ1) is 14.6. The Morgan fingerprint density at radius 2 is 1.85 bits per heavy atom. The molecule has 2 N–H and O–H groups in total. The summed E-state index contributed by atoms with van der Waals surface area (Å²) in [4.78, 5) is 30.2. The zero-order valence-corrected chi connectivity index (χ0v) is 11.7. The summed E-state index contributed by atoms with van der Waals surface area (Å²) in [5.74, 6) is 0. The van der Waals surface area contributed by atoms with Crippen molar-refractivity contribution in [3.63, 3.8) is 0 Å². The Labute approximate surface area is 122 Å². The number of aromatic nitrogens is 2. The van der Waals surface area contributed by atoms with E-state index in [0.29, 0.717) is 18.5 Å². The highest BCUT2D eigenvalue weighted by Crippen LogP contribution is 2.15. The van der Waals surface area contributed by atoms with Crippen molar-refractivity contribution in [1.82, 2.24) is 14.9 Å². The summed E-state index contributed by atoms with van der Waals surface area (Å²) < 4.78 is 0. The Morgan fingerprint density at radius 1 is 1.10 bits per heavy atom. The lowest BCUT2D eigenvalue weighted by Gasteiger charge is -2.27. The van der Waals surface area contributed by atoms with Gasteiger partial charge in [0.1, 0.15) is 0 Å². The van der Waals surface area contributed by atoms with Crippen molar-refractivity contribution in [2.24, 2.45) is 0 Å². The lowest BCUT2D eigenvalue weighted by molar-refractivity contribution is 0.240. The summed E-state index contributed by atoms with van der Waals surface area (Å²) in [6.45, 7) is 2.27. The molecule has 0 amide bonds. The van der Waals surface area contributed by atoms with Gasteiger partial charge in [0.15, 0.2) is 0 Å². The van der Waals surface area contributed by atoms with Crippen LogP contribution in [0.5, 0.6) is 0 Å². The second-order valence-corrected chi connectivity index (χ2v) is 4.81. The van der Waals surface area contributed by atoms with Gasteiger partial charge in [-0.1, -0.05) is 30.3 Å². The first-order chi connectivity index (χ1) is 9.22. The zero-order chi connectivity index (χ0) is 13.2. The van der Waals surface area contributed by atoms with Crippen LogP contribution < -0.4 is 11.2 Å². The number of fused-ring (bicyclic) bond motifs is 1. The van der Waals surface area contributed by atoms with Gasteiger partial charge < -0.3 is 4.98 Å². The van der Waals surface area contributed by atoms with Crippen LogP contribution in [0.3, 0.4) is 0 Å². The summed E-state index contributed by atoms with van der Waals surface area (Å²) in [6.07, 6.45) is 0.675. The molecule has 20 heavy (non-hydrogen) atoms. The molecule has 1 aromatic heterocycles. The highest BCUT2D eigenvalue weighted by atomic mass is 35.5. The third-order valence-electron chi connectivity index (χ3n) is 3.44. The van der Waals surface area contributed by atoms with Crippen LogP contribution in [0.2, 0.25) is 0 Å². The van der Waals surface area contributed by atoms with Gasteiger partial charge in [-0.05, 0) is 12.0 Å². The zero-order valence-electron chi connectivity index (χ0n) is 10.9. The van der Waals surface area contributed by atoms with E-state index in [1.165, 1.54) is 5.56 Å². The van der Waals surface area contributed by atoms with Crippen LogP contribution in [0.15, 0.2) is 39.9 Å². The van der Waals surface area contributed by atoms with Gasteiger partial charge in [0.2, 0.25) is 0 Å². The number of H-pyrrole nitrogens is 2. The Bertz CT molecular complexity index is 694. The van der Waals surface area contributed by atoms with Crippen LogP contribution in [0.1, 0.15) is 16.8 Å². The van der Waals surface area contributed by atoms with Gasteiger partial charge in [-0.2, -0.15) is 0 Å². The number of rotatable bonds is 2. The minimum atomic E-state index is -0.426. The topological polar surface area (TPSA) is 69.0 Å². The summed E-state index contributed by atoms with van der Waals surface area (Å²) in [7, 11) is 0. The van der Waals surface area contributed by atoms with E-state index in [9.17, 15) is 9.59 Å². The molecule has 0 aliphatic carbocycles. The van der Waals surface area contributed by atoms with Crippen molar-refractivity contribution >= 4 is 12.4 Å². The third kappa shape index (κ3) is 3.00. The fraction of sp³-hybridized carbons (Fsp3) is 0.286. The molecule has 0 bridgehead atoms. The van der Waals surface area contributed by atoms with Crippen molar-refractivity contribution in [3.05, 3.63) is 68.0 Å². The minimum Gasteiger partial charge on any atom is -0.310 e. The fourth-order valence-corrected chi connectivity index (χ4v) is 2.51. The van der Waals surface area contributed by atoms with Crippen molar-refractivity contribution < 1.29 is 0 Å². The average Bonchev–Trinajstić information content (AvgIpc) is 2.39. The SMILES string of the molecule is Cl.O=c1[nH]c2c(c(=O)[nH]1)CCN(Cc1ccccc1)C2. The molecule has 5 nitrogen and oxygen atoms in total. The van der Waals surface area contributed by atoms with Gasteiger partial charge in [0, 0.05) is 30.9 Å². The number of nitrogens with zero attached hydrogens (tertiary/aromatic N) is 1. The van der Waals surface area contributed by atoms with Crippen LogP contribution in [0.25, 0.3) is 0 Å². The molecule has 1 aromatic carbocycles. The second-order valence-electron chi connectivity index (χ2n) is 4.81. The highest BCUT2D eigenvalue weighted by molar-refractivity contribution is 5.85. The normalized spacial score (nSPS) is 14.4. The standard InChI is InChI=1S/C14H15N3O2.ClH/c18-13-11-6-7-17(8-10-4-2-1-3-5-10)9-12(11)15-14(19)16-13;/h1-5H,6-9H2,(H2,15,16,18,19);1H. The lowest BCUT2D eigenvalue weighted by Crippen LogP contribution is -2.38. The number of hydrogen-bond acceptors (Lipinski definition) is 3. The maximum atomic E-state index is 11.7. The van der Waals surface area contributed by atoms with Crippen LogP contribution in [0.4, 0.5) is 0 Å². The van der Waals surface area contributed by atoms with E-state index in [2.05, 4.69) is 27.0 Å². The summed E-state index contributed by atoms with van der Waals surface area (Å²) in [6, 6.07) is 10.2. The molecule has 2 aromatic rings. The molecule has 0 saturated carbocycles. The number of hydrogen-bond donors (Lipinski definition) is 2. The quantitative estimate of drug-likeness (QED) is 0.869. The van der Waals surface area contributed by atoms with E-state index in [0.717, 1.165) is 18.8 Å². The Kier molecular flexibility index (Phi) is 4.42. The van der Waals surface area contributed by atoms with E-state index in [4.69, 9.17) is 0 Å². The fourth-order valence-electron chi connectivity index (χ4n) is 2.51. The molecule has 0 radical (unpaired) electrons. The molecule has 0 spiro atoms. The van der Waals surface area contributed by atoms with Crippen LogP contribution in [-0.2, 0) is 19.5 Å². The largest absolute Gasteiger partial charge is 0.325 e. The first-order valence-corrected chi connectivity index (χ1v) is 6.33. The minimum absolute atomic E-state index is 0. The second kappa shape index (κ2) is 6.07. The van der Waals surface area contributed by atoms with Crippen LogP contribution in [0, 0.1) is 0 Å². The van der Waals surface area contributed by atoms with Gasteiger partial charge >= 0.3 is 5.69 Å². The number of benzene rings is 1. The molecule has 106 valence electrons. The predicted octanol–water partition coefficient (Wildman–Crippen LogP) is 1.04. The molecule has 0 unspecified atom stereocenters. The van der Waals surface area contributed by atoms with Gasteiger partial charge in [0.25, 0.3) is 5.56 Å². The van der Waals surface area contributed by atoms with Crippen LogP contribution >= 0.6 is 12.4 Å². The number of aromatic amines is 2. The maximum absolute atomic E-state index is 11.7. The molecule has 6 heteroatoms. The summed E-state index contributed by atoms with van der Waals surface area (Å²) in [5.41, 5.74) is 2.02. The van der Waals surface area contributed by atoms with Crippen molar-refractivity contribution in [1.29, 1.82) is 0 Å². The first-order valence-electron chi connectivity index (χ1n) is 6.33. The van der Waals surface area contributed by atoms with Gasteiger partial charge in [0.05, 0.1) is 0 Å². The summed E-state index contributed by atoms with van der Waals surface area (Å²) >= 11 is 0. The monoisotopic (exact) mass is 293 g/mol. The van der Waals surface area contributed by atoms with Crippen LogP contribution in [-0.4, -0.2) is 21.4 Å². The third-order valence-corrected chi connectivity index (χ3v) is 3.44. The van der Waals surface area contributed by atoms with Gasteiger partial charge in [-0.15, -0.1) is 12.4 Å². The molecule has 0 fully saturated rings. The Balaban J connectivity index is 0.00000147. The predicted molar refractivity (Wildman–Crippen MR) is 79.2 cm³/mol. The number of nitrogens with one attached hydrogen (secondary N) is 2. The van der Waals surface area contributed by atoms with E-state index < -0.39 is 5.69 Å². The lowest BCUT2D eigenvalue weighted by atomic mass is 10.1. The molecule has 0 saturated heterocycles. The maximum Gasteiger partial charge on any atom is 0.325 e. The van der Waals surface area contributed by atoms with Crippen molar-refractivity contribution in [3.8, 4) is 0 Å². The average molecular weight is 294 g/mol. The highest BCUT2D eigenvalue weighted by Gasteiger charge is 2.19. The van der Waals surface area contributed by atoms with Gasteiger partial charge in [-0.25, -0.2) is 4.79 Å². The molecule has 1 aliphatic heterocycles. The Hall–Kier alpha value is -1.85. The molecular weight excluding hydrogens is 278 g/mol. The van der Waals surface area contributed by atoms with E-state index >= 15 is 0 Å². The molecule has 1 aliphatic rings. The summed E-state index contributed by atoms with van der Waals surface area (Å²) in [5, 5.41) is 0. The van der Waals surface area contributed by atoms with Gasteiger partial charge in [-0.3, -0.25) is 14.7 Å². The molecule has 3 rings (SSSR count). The van der Waals surface area contributed by atoms with Crippen molar-refractivity contribution in [2.45, 2.75) is 19.5 Å². The smallest absolute Gasteiger partial charge is 0.310 e. The van der Waals surface area contributed by atoms with E-state index in [1.807, 2.05) is 18.2 Å². The van der Waals surface area contributed by atoms with E-state index in [-0.39, 0.29) is 18.0 Å². The molecule has 0 atom stereocenters. The van der Waals surface area contributed by atoms with E-state index in [1.54, 1.807) is 0 Å². The Morgan fingerprint density at radius 3 is 2.60 bits per heavy atom. The number of halogens is 1. The van der Waals surface area contributed by atoms with Crippen molar-refractivity contribution in [2.75, 3.05) is 6.54 Å².